The van der Waals surface area contributed by atoms with Crippen molar-refractivity contribution in [3.63, 3.8) is 0 Å². The quantitative estimate of drug-likeness (QED) is 0.444. The molecule has 0 unspecified atom stereocenters. The molecule has 0 spiro atoms. The van der Waals surface area contributed by atoms with Gasteiger partial charge in [-0.2, -0.15) is 26.3 Å². The molecule has 2 aromatic rings. The molecule has 0 fully saturated rings. The normalized spacial score (nSPS) is 12.1. The Morgan fingerprint density at radius 1 is 1.00 bits per heavy atom. The van der Waals surface area contributed by atoms with Crippen LogP contribution in [-0.4, -0.2) is 19.8 Å². The molecule has 0 aliphatic rings. The highest BCUT2D eigenvalue weighted by Gasteiger charge is 2.44. The zero-order chi connectivity index (χ0) is 21.6. The first-order valence-electron chi connectivity index (χ1n) is 6.56. The Morgan fingerprint density at radius 3 is 2.00 bits per heavy atom. The number of hydrogen-bond acceptors (Lipinski definition) is 6. The van der Waals surface area contributed by atoms with Crippen molar-refractivity contribution >= 4 is 23.0 Å². The van der Waals surface area contributed by atoms with Crippen LogP contribution in [0.4, 0.5) is 37.7 Å². The standard InChI is InChI=1S/C12H3ClF6N4O5/c13-4-1-3(11(14,15)16)2-5(22(25)26)6(4)9-20-8(12(17,18)19)7(23(27)28)10(24)21-9/h1-2H,(H,20,21,24). The number of H-pyrrole nitrogens is 1. The first kappa shape index (κ1) is 21.1. The molecule has 2 rings (SSSR count). The number of nitro benzene ring substituents is 1. The summed E-state index contributed by atoms with van der Waals surface area (Å²) < 4.78 is 77.5. The molecule has 0 aliphatic carbocycles. The second-order valence-electron chi connectivity index (χ2n) is 4.97. The van der Waals surface area contributed by atoms with Gasteiger partial charge in [0.2, 0.25) is 5.69 Å². The summed E-state index contributed by atoms with van der Waals surface area (Å²) in [4.78, 5) is 34.8. The fraction of sp³-hybridized carbons (Fsp3) is 0.167. The van der Waals surface area contributed by atoms with Gasteiger partial charge in [-0.25, -0.2) is 4.98 Å². The van der Waals surface area contributed by atoms with Crippen molar-refractivity contribution in [3.8, 4) is 11.4 Å². The van der Waals surface area contributed by atoms with E-state index in [1.807, 2.05) is 0 Å². The SMILES string of the molecule is O=c1[nH]c(-c2c(Cl)cc(C(F)(F)F)cc2[N+](=O)[O-])nc(C(F)(F)F)c1[N+](=O)[O-]. The molecule has 1 heterocycles. The van der Waals surface area contributed by atoms with E-state index in [4.69, 9.17) is 11.6 Å². The molecule has 16 heteroatoms. The highest BCUT2D eigenvalue weighted by molar-refractivity contribution is 6.33. The van der Waals surface area contributed by atoms with E-state index in [1.165, 1.54) is 4.98 Å². The summed E-state index contributed by atoms with van der Waals surface area (Å²) in [6.07, 6.45) is -10.6. The van der Waals surface area contributed by atoms with Crippen molar-refractivity contribution < 1.29 is 36.2 Å². The Labute approximate surface area is 152 Å². The van der Waals surface area contributed by atoms with E-state index < -0.39 is 66.8 Å². The lowest BCUT2D eigenvalue weighted by Gasteiger charge is -2.12. The minimum atomic E-state index is -5.53. The van der Waals surface area contributed by atoms with E-state index >= 15 is 0 Å². The molecule has 0 saturated heterocycles. The highest BCUT2D eigenvalue weighted by atomic mass is 35.5. The van der Waals surface area contributed by atoms with Gasteiger partial charge in [-0.05, 0) is 6.07 Å². The number of nitro groups is 2. The molecule has 0 aliphatic heterocycles. The molecule has 1 aromatic carbocycles. The van der Waals surface area contributed by atoms with Gasteiger partial charge in [-0.1, -0.05) is 11.6 Å². The zero-order valence-electron chi connectivity index (χ0n) is 12.7. The van der Waals surface area contributed by atoms with Crippen molar-refractivity contribution in [2.45, 2.75) is 12.4 Å². The third kappa shape index (κ3) is 3.88. The summed E-state index contributed by atoms with van der Waals surface area (Å²) in [5.41, 5.74) is -10.3. The van der Waals surface area contributed by atoms with Crippen LogP contribution in [0, 0.1) is 20.2 Å². The number of nitrogens with zero attached hydrogens (tertiary/aromatic N) is 3. The van der Waals surface area contributed by atoms with Crippen molar-refractivity contribution in [3.05, 3.63) is 59.0 Å². The van der Waals surface area contributed by atoms with Crippen LogP contribution < -0.4 is 5.56 Å². The van der Waals surface area contributed by atoms with Crippen molar-refractivity contribution in [1.82, 2.24) is 9.97 Å². The summed E-state index contributed by atoms with van der Waals surface area (Å²) in [6, 6.07) is 0.133. The average Bonchev–Trinajstić information content (AvgIpc) is 2.50. The van der Waals surface area contributed by atoms with E-state index in [-0.39, 0.29) is 12.1 Å². The van der Waals surface area contributed by atoms with Gasteiger partial charge < -0.3 is 4.98 Å². The number of alkyl halides is 6. The molecular formula is C12H3ClF6N4O5. The van der Waals surface area contributed by atoms with Gasteiger partial charge >= 0.3 is 23.6 Å². The largest absolute Gasteiger partial charge is 0.440 e. The number of aromatic nitrogens is 2. The van der Waals surface area contributed by atoms with Gasteiger partial charge in [0.1, 0.15) is 11.4 Å². The monoisotopic (exact) mass is 432 g/mol. The maximum atomic E-state index is 13.0. The fourth-order valence-corrected chi connectivity index (χ4v) is 2.39. The van der Waals surface area contributed by atoms with E-state index in [0.29, 0.717) is 0 Å². The van der Waals surface area contributed by atoms with Crippen molar-refractivity contribution in [1.29, 1.82) is 0 Å². The lowest BCUT2D eigenvalue weighted by molar-refractivity contribution is -0.390. The van der Waals surface area contributed by atoms with Crippen LogP contribution in [0.1, 0.15) is 11.3 Å². The molecule has 1 aromatic heterocycles. The van der Waals surface area contributed by atoms with Crippen LogP contribution in [-0.2, 0) is 12.4 Å². The number of hydrogen-bond donors (Lipinski definition) is 1. The van der Waals surface area contributed by atoms with Crippen LogP contribution in [0.5, 0.6) is 0 Å². The number of rotatable bonds is 3. The molecule has 0 bridgehead atoms. The van der Waals surface area contributed by atoms with Gasteiger partial charge in [0.25, 0.3) is 5.69 Å². The molecule has 150 valence electrons. The van der Waals surface area contributed by atoms with Crippen LogP contribution in [0.25, 0.3) is 11.4 Å². The molecule has 1 N–H and O–H groups in total. The fourth-order valence-electron chi connectivity index (χ4n) is 2.09. The van der Waals surface area contributed by atoms with Gasteiger partial charge in [0, 0.05) is 6.07 Å². The topological polar surface area (TPSA) is 132 Å². The Kier molecular flexibility index (Phi) is 5.07. The van der Waals surface area contributed by atoms with E-state index in [1.54, 1.807) is 0 Å². The number of halogens is 7. The van der Waals surface area contributed by atoms with E-state index in [0.717, 1.165) is 0 Å². The van der Waals surface area contributed by atoms with Gasteiger partial charge in [0.05, 0.1) is 20.4 Å². The van der Waals surface area contributed by atoms with Crippen LogP contribution in [0.3, 0.4) is 0 Å². The summed E-state index contributed by atoms with van der Waals surface area (Å²) in [6.45, 7) is 0. The predicted molar refractivity (Wildman–Crippen MR) is 78.6 cm³/mol. The predicted octanol–water partition coefficient (Wildman–Crippen LogP) is 3.94. The average molecular weight is 433 g/mol. The van der Waals surface area contributed by atoms with Gasteiger partial charge in [-0.15, -0.1) is 0 Å². The van der Waals surface area contributed by atoms with Crippen molar-refractivity contribution in [2.24, 2.45) is 0 Å². The minimum Gasteiger partial charge on any atom is -0.300 e. The van der Waals surface area contributed by atoms with E-state index in [2.05, 4.69) is 4.98 Å². The smallest absolute Gasteiger partial charge is 0.300 e. The molecule has 0 radical (unpaired) electrons. The van der Waals surface area contributed by atoms with Gasteiger partial charge in [-0.3, -0.25) is 25.0 Å². The summed E-state index contributed by atoms with van der Waals surface area (Å²) >= 11 is 5.56. The molecule has 0 saturated carbocycles. The number of benzene rings is 1. The number of nitrogens with one attached hydrogen (secondary N) is 1. The van der Waals surface area contributed by atoms with E-state index in [9.17, 15) is 51.4 Å². The Morgan fingerprint density at radius 2 is 1.57 bits per heavy atom. The maximum Gasteiger partial charge on any atom is 0.440 e. The lowest BCUT2D eigenvalue weighted by atomic mass is 10.1. The van der Waals surface area contributed by atoms with Crippen LogP contribution in [0.15, 0.2) is 16.9 Å². The molecule has 0 atom stereocenters. The first-order valence-corrected chi connectivity index (χ1v) is 6.93. The third-order valence-electron chi connectivity index (χ3n) is 3.18. The molecule has 28 heavy (non-hydrogen) atoms. The maximum absolute atomic E-state index is 13.0. The lowest BCUT2D eigenvalue weighted by Crippen LogP contribution is -2.22. The molecule has 0 amide bonds. The van der Waals surface area contributed by atoms with Crippen molar-refractivity contribution in [2.75, 3.05) is 0 Å². The first-order chi connectivity index (χ1) is 12.6. The third-order valence-corrected chi connectivity index (χ3v) is 3.47. The summed E-state index contributed by atoms with van der Waals surface area (Å²) in [5.74, 6) is -1.27. The zero-order valence-corrected chi connectivity index (χ0v) is 13.4. The molecular weight excluding hydrogens is 430 g/mol. The molecule has 9 nitrogen and oxygen atoms in total. The minimum absolute atomic E-state index is 0.0319. The Balaban J connectivity index is 2.93. The Bertz CT molecular complexity index is 1050. The highest BCUT2D eigenvalue weighted by Crippen LogP contribution is 2.41. The second-order valence-corrected chi connectivity index (χ2v) is 5.38. The van der Waals surface area contributed by atoms with Gasteiger partial charge in [0.15, 0.2) is 0 Å². The summed E-state index contributed by atoms with van der Waals surface area (Å²) in [7, 11) is 0. The van der Waals surface area contributed by atoms with Crippen LogP contribution >= 0.6 is 11.6 Å². The Hall–Kier alpha value is -3.23. The second kappa shape index (κ2) is 6.74. The number of aromatic amines is 1. The van der Waals surface area contributed by atoms with Crippen LogP contribution in [0.2, 0.25) is 5.02 Å². The summed E-state index contributed by atoms with van der Waals surface area (Å²) in [5, 5.41) is 20.8.